The quantitative estimate of drug-likeness (QED) is 0.185. The first kappa shape index (κ1) is 24.1. The molecule has 1 aromatic carbocycles. The standard InChI is InChI=1S/C23H38O5/c1-22(2,3)13-9-6-7-12-18-20(26)17(15-19(25)21(18)27)11-8-10-14-23(4,5)28-16-24/h15-16,25-27H,6-14H2,1-5H3. The third-order valence-corrected chi connectivity index (χ3v) is 5.13. The average molecular weight is 395 g/mol. The predicted molar refractivity (Wildman–Crippen MR) is 112 cm³/mol. The molecule has 160 valence electrons. The molecule has 0 spiro atoms. The maximum Gasteiger partial charge on any atom is 0.293 e. The molecule has 0 fully saturated rings. The second-order valence-corrected chi connectivity index (χ2v) is 9.53. The predicted octanol–water partition coefficient (Wildman–Crippen LogP) is 5.62. The molecule has 0 aliphatic rings. The van der Waals surface area contributed by atoms with E-state index in [0.29, 0.717) is 35.9 Å². The molecule has 0 saturated carbocycles. The van der Waals surface area contributed by atoms with Gasteiger partial charge in [0.05, 0.1) is 0 Å². The maximum atomic E-state index is 10.6. The fourth-order valence-electron chi connectivity index (χ4n) is 3.38. The molecule has 0 radical (unpaired) electrons. The van der Waals surface area contributed by atoms with Crippen molar-refractivity contribution in [3.8, 4) is 17.2 Å². The van der Waals surface area contributed by atoms with Crippen LogP contribution in [0.25, 0.3) is 0 Å². The highest BCUT2D eigenvalue weighted by molar-refractivity contribution is 5.56. The molecule has 1 aromatic rings. The van der Waals surface area contributed by atoms with Gasteiger partial charge in [0.15, 0.2) is 11.5 Å². The van der Waals surface area contributed by atoms with Crippen LogP contribution < -0.4 is 0 Å². The monoisotopic (exact) mass is 394 g/mol. The molecule has 0 atom stereocenters. The molecule has 0 aromatic heterocycles. The van der Waals surface area contributed by atoms with Crippen LogP contribution in [0.1, 0.15) is 90.7 Å². The first-order valence-electron chi connectivity index (χ1n) is 10.3. The van der Waals surface area contributed by atoms with Crippen LogP contribution in [0.15, 0.2) is 6.07 Å². The van der Waals surface area contributed by atoms with Crippen LogP contribution >= 0.6 is 0 Å². The lowest BCUT2D eigenvalue weighted by Crippen LogP contribution is -2.23. The summed E-state index contributed by atoms with van der Waals surface area (Å²) in [5.74, 6) is -0.297. The topological polar surface area (TPSA) is 87.0 Å². The number of aryl methyl sites for hydroxylation is 1. The highest BCUT2D eigenvalue weighted by Crippen LogP contribution is 2.40. The van der Waals surface area contributed by atoms with E-state index >= 15 is 0 Å². The minimum atomic E-state index is -0.501. The number of phenolic OH excluding ortho intramolecular Hbond substituents is 3. The summed E-state index contributed by atoms with van der Waals surface area (Å²) in [6.45, 7) is 10.9. The number of ether oxygens (including phenoxy) is 1. The van der Waals surface area contributed by atoms with Gasteiger partial charge in [-0.3, -0.25) is 4.79 Å². The first-order chi connectivity index (χ1) is 13.0. The van der Waals surface area contributed by atoms with Crippen LogP contribution in [0.5, 0.6) is 17.2 Å². The normalized spacial score (nSPS) is 12.2. The van der Waals surface area contributed by atoms with Crippen LogP contribution in [0.3, 0.4) is 0 Å². The van der Waals surface area contributed by atoms with Crippen molar-refractivity contribution in [2.75, 3.05) is 0 Å². The van der Waals surface area contributed by atoms with E-state index in [1.165, 1.54) is 6.07 Å². The van der Waals surface area contributed by atoms with E-state index in [2.05, 4.69) is 20.8 Å². The molecule has 0 aliphatic heterocycles. The summed E-state index contributed by atoms with van der Waals surface area (Å²) in [7, 11) is 0. The fourth-order valence-corrected chi connectivity index (χ4v) is 3.38. The van der Waals surface area contributed by atoms with Gasteiger partial charge in [-0.2, -0.15) is 0 Å². The number of carbonyl (C=O) groups is 1. The Morgan fingerprint density at radius 3 is 2.07 bits per heavy atom. The van der Waals surface area contributed by atoms with E-state index in [1.54, 1.807) is 0 Å². The summed E-state index contributed by atoms with van der Waals surface area (Å²) in [6.07, 6.45) is 7.59. The molecule has 5 heteroatoms. The molecular formula is C23H38O5. The first-order valence-corrected chi connectivity index (χ1v) is 10.3. The van der Waals surface area contributed by atoms with Gasteiger partial charge < -0.3 is 20.1 Å². The van der Waals surface area contributed by atoms with Crippen LogP contribution in [0, 0.1) is 5.41 Å². The minimum Gasteiger partial charge on any atom is -0.507 e. The average Bonchev–Trinajstić information content (AvgIpc) is 2.57. The number of carbonyl (C=O) groups excluding carboxylic acids is 1. The molecular weight excluding hydrogens is 356 g/mol. The fraction of sp³-hybridized carbons (Fsp3) is 0.696. The second-order valence-electron chi connectivity index (χ2n) is 9.53. The number of aromatic hydroxyl groups is 3. The minimum absolute atomic E-state index is 0.0922. The molecule has 0 aliphatic carbocycles. The number of hydrogen-bond acceptors (Lipinski definition) is 5. The van der Waals surface area contributed by atoms with E-state index < -0.39 is 5.60 Å². The van der Waals surface area contributed by atoms with Crippen LogP contribution in [-0.2, 0) is 22.4 Å². The summed E-state index contributed by atoms with van der Waals surface area (Å²) in [5, 5.41) is 30.8. The Labute approximate surface area is 169 Å². The molecule has 0 saturated heterocycles. The van der Waals surface area contributed by atoms with Crippen LogP contribution in [-0.4, -0.2) is 27.4 Å². The zero-order valence-corrected chi connectivity index (χ0v) is 18.2. The Hall–Kier alpha value is -1.91. The Kier molecular flexibility index (Phi) is 9.12. The lowest BCUT2D eigenvalue weighted by Gasteiger charge is -2.22. The highest BCUT2D eigenvalue weighted by atomic mass is 16.5. The van der Waals surface area contributed by atoms with Crippen molar-refractivity contribution in [1.29, 1.82) is 0 Å². The highest BCUT2D eigenvalue weighted by Gasteiger charge is 2.19. The summed E-state index contributed by atoms with van der Waals surface area (Å²) in [6, 6.07) is 1.45. The van der Waals surface area contributed by atoms with Gasteiger partial charge >= 0.3 is 0 Å². The SMILES string of the molecule is CC(C)(C)CCCCCc1c(O)c(O)cc(CCCCC(C)(C)OC=O)c1O. The van der Waals surface area contributed by atoms with E-state index in [-0.39, 0.29) is 17.2 Å². The van der Waals surface area contributed by atoms with Gasteiger partial charge in [-0.05, 0) is 75.8 Å². The Morgan fingerprint density at radius 1 is 0.857 bits per heavy atom. The van der Waals surface area contributed by atoms with Crippen molar-refractivity contribution in [3.05, 3.63) is 17.2 Å². The van der Waals surface area contributed by atoms with Crippen molar-refractivity contribution in [2.24, 2.45) is 5.41 Å². The number of phenols is 3. The zero-order chi connectivity index (χ0) is 21.4. The lowest BCUT2D eigenvalue weighted by atomic mass is 9.89. The molecule has 0 unspecified atom stereocenters. The zero-order valence-electron chi connectivity index (χ0n) is 18.2. The summed E-state index contributed by atoms with van der Waals surface area (Å²) < 4.78 is 5.04. The van der Waals surface area contributed by atoms with Crippen LogP contribution in [0.2, 0.25) is 0 Å². The van der Waals surface area contributed by atoms with Crippen molar-refractivity contribution in [3.63, 3.8) is 0 Å². The number of benzene rings is 1. The van der Waals surface area contributed by atoms with Gasteiger partial charge in [0.2, 0.25) is 0 Å². The molecule has 0 bridgehead atoms. The molecule has 28 heavy (non-hydrogen) atoms. The van der Waals surface area contributed by atoms with E-state index in [0.717, 1.165) is 44.9 Å². The molecule has 3 N–H and O–H groups in total. The number of rotatable bonds is 12. The van der Waals surface area contributed by atoms with Gasteiger partial charge in [0.1, 0.15) is 11.4 Å². The Morgan fingerprint density at radius 2 is 1.46 bits per heavy atom. The number of unbranched alkanes of at least 4 members (excludes halogenated alkanes) is 3. The van der Waals surface area contributed by atoms with Gasteiger partial charge in [0, 0.05) is 5.56 Å². The number of hydrogen-bond donors (Lipinski definition) is 3. The van der Waals surface area contributed by atoms with Gasteiger partial charge in [-0.25, -0.2) is 0 Å². The third kappa shape index (κ3) is 8.41. The van der Waals surface area contributed by atoms with Crippen molar-refractivity contribution in [2.45, 2.75) is 98.0 Å². The van der Waals surface area contributed by atoms with Crippen molar-refractivity contribution in [1.82, 2.24) is 0 Å². The van der Waals surface area contributed by atoms with Gasteiger partial charge in [-0.15, -0.1) is 0 Å². The summed E-state index contributed by atoms with van der Waals surface area (Å²) in [4.78, 5) is 10.5. The summed E-state index contributed by atoms with van der Waals surface area (Å²) in [5.41, 5.74) is 0.900. The summed E-state index contributed by atoms with van der Waals surface area (Å²) >= 11 is 0. The maximum absolute atomic E-state index is 10.6. The second kappa shape index (κ2) is 10.6. The van der Waals surface area contributed by atoms with E-state index in [4.69, 9.17) is 4.74 Å². The van der Waals surface area contributed by atoms with E-state index in [9.17, 15) is 20.1 Å². The van der Waals surface area contributed by atoms with Gasteiger partial charge in [0.25, 0.3) is 6.47 Å². The van der Waals surface area contributed by atoms with E-state index in [1.807, 2.05) is 13.8 Å². The lowest BCUT2D eigenvalue weighted by molar-refractivity contribution is -0.140. The Bertz CT molecular complexity index is 629. The van der Waals surface area contributed by atoms with Crippen LogP contribution in [0.4, 0.5) is 0 Å². The van der Waals surface area contributed by atoms with Crippen molar-refractivity contribution < 1.29 is 24.9 Å². The molecule has 0 amide bonds. The molecule has 5 nitrogen and oxygen atoms in total. The largest absolute Gasteiger partial charge is 0.507 e. The Balaban J connectivity index is 2.63. The smallest absolute Gasteiger partial charge is 0.293 e. The molecule has 0 heterocycles. The van der Waals surface area contributed by atoms with Crippen molar-refractivity contribution >= 4 is 6.47 Å². The third-order valence-electron chi connectivity index (χ3n) is 5.13. The molecule has 1 rings (SSSR count). The van der Waals surface area contributed by atoms with Gasteiger partial charge in [-0.1, -0.05) is 33.6 Å².